The summed E-state index contributed by atoms with van der Waals surface area (Å²) in [5.74, 6) is 1.86. The fraction of sp³-hybridized carbons (Fsp3) is 1.00. The quantitative estimate of drug-likeness (QED) is 0.675. The zero-order valence-corrected chi connectivity index (χ0v) is 8.77. The third kappa shape index (κ3) is 3.57. The molecule has 0 spiro atoms. The van der Waals surface area contributed by atoms with E-state index in [1.54, 1.807) is 0 Å². The van der Waals surface area contributed by atoms with Crippen LogP contribution in [0.5, 0.6) is 0 Å². The average molecular weight is 169 g/mol. The smallest absolute Gasteiger partial charge is 0.00996 e. The van der Waals surface area contributed by atoms with Crippen LogP contribution < -0.4 is 5.73 Å². The first-order chi connectivity index (χ1) is 5.47. The summed E-state index contributed by atoms with van der Waals surface area (Å²) in [5.41, 5.74) is 6.05. The first-order valence-electron chi connectivity index (χ1n) is 5.26. The van der Waals surface area contributed by atoms with Crippen LogP contribution >= 0.6 is 0 Å². The number of nitrogens with two attached hydrogens (primary N) is 1. The minimum atomic E-state index is 0.0469. The highest BCUT2D eigenvalue weighted by Crippen LogP contribution is 2.32. The van der Waals surface area contributed by atoms with Crippen LogP contribution in [0.15, 0.2) is 0 Å². The van der Waals surface area contributed by atoms with Crippen molar-refractivity contribution >= 4 is 0 Å². The van der Waals surface area contributed by atoms with Crippen LogP contribution in [0.4, 0.5) is 0 Å². The fourth-order valence-corrected chi connectivity index (χ4v) is 2.28. The van der Waals surface area contributed by atoms with Gasteiger partial charge in [-0.15, -0.1) is 0 Å². The second kappa shape index (κ2) is 3.78. The van der Waals surface area contributed by atoms with Gasteiger partial charge in [0, 0.05) is 5.54 Å². The lowest BCUT2D eigenvalue weighted by Crippen LogP contribution is -2.35. The van der Waals surface area contributed by atoms with Crippen molar-refractivity contribution in [2.24, 2.45) is 17.6 Å². The molecule has 0 unspecified atom stereocenters. The molecule has 0 heterocycles. The van der Waals surface area contributed by atoms with Crippen molar-refractivity contribution in [1.82, 2.24) is 0 Å². The van der Waals surface area contributed by atoms with Gasteiger partial charge in [-0.3, -0.25) is 0 Å². The lowest BCUT2D eigenvalue weighted by Gasteiger charge is -2.31. The van der Waals surface area contributed by atoms with Crippen molar-refractivity contribution in [3.63, 3.8) is 0 Å². The van der Waals surface area contributed by atoms with E-state index in [9.17, 15) is 0 Å². The van der Waals surface area contributed by atoms with E-state index in [-0.39, 0.29) is 5.54 Å². The molecular formula is C11H23N. The Balaban J connectivity index is 2.26. The van der Waals surface area contributed by atoms with Gasteiger partial charge in [0.05, 0.1) is 0 Å². The molecule has 1 aliphatic carbocycles. The maximum Gasteiger partial charge on any atom is 0.00996 e. The highest BCUT2D eigenvalue weighted by atomic mass is 14.7. The summed E-state index contributed by atoms with van der Waals surface area (Å²) in [6, 6.07) is 0. The first kappa shape index (κ1) is 10.0. The Morgan fingerprint density at radius 3 is 2.08 bits per heavy atom. The SMILES string of the molecule is CC1CCC(CC(C)(C)N)CC1. The lowest BCUT2D eigenvalue weighted by atomic mass is 9.78. The molecule has 1 rings (SSSR count). The molecule has 1 fully saturated rings. The molecule has 0 aliphatic heterocycles. The molecule has 1 saturated carbocycles. The number of rotatable bonds is 2. The van der Waals surface area contributed by atoms with Crippen LogP contribution in [0, 0.1) is 11.8 Å². The Morgan fingerprint density at radius 1 is 1.17 bits per heavy atom. The van der Waals surface area contributed by atoms with Gasteiger partial charge in [-0.25, -0.2) is 0 Å². The predicted octanol–water partition coefficient (Wildman–Crippen LogP) is 2.94. The molecule has 1 heteroatoms. The maximum absolute atomic E-state index is 6.00. The fourth-order valence-electron chi connectivity index (χ4n) is 2.28. The molecule has 0 aromatic rings. The topological polar surface area (TPSA) is 26.0 Å². The standard InChI is InChI=1S/C11H23N/c1-9-4-6-10(7-5-9)8-11(2,3)12/h9-10H,4-8,12H2,1-3H3. The molecule has 0 saturated heterocycles. The van der Waals surface area contributed by atoms with Gasteiger partial charge in [-0.1, -0.05) is 32.6 Å². The van der Waals surface area contributed by atoms with E-state index in [0.29, 0.717) is 0 Å². The van der Waals surface area contributed by atoms with E-state index < -0.39 is 0 Å². The van der Waals surface area contributed by atoms with Gasteiger partial charge in [0.15, 0.2) is 0 Å². The van der Waals surface area contributed by atoms with E-state index in [1.807, 2.05) is 0 Å². The van der Waals surface area contributed by atoms with Gasteiger partial charge < -0.3 is 5.73 Å². The monoisotopic (exact) mass is 169 g/mol. The average Bonchev–Trinajstić information content (AvgIpc) is 1.91. The maximum atomic E-state index is 6.00. The van der Waals surface area contributed by atoms with Gasteiger partial charge in [0.2, 0.25) is 0 Å². The van der Waals surface area contributed by atoms with E-state index >= 15 is 0 Å². The van der Waals surface area contributed by atoms with Crippen molar-refractivity contribution in [3.05, 3.63) is 0 Å². The molecule has 0 aromatic heterocycles. The third-order valence-corrected chi connectivity index (χ3v) is 2.95. The highest BCUT2D eigenvalue weighted by molar-refractivity contribution is 4.79. The summed E-state index contributed by atoms with van der Waals surface area (Å²) in [7, 11) is 0. The molecule has 0 bridgehead atoms. The molecule has 0 atom stereocenters. The Kier molecular flexibility index (Phi) is 3.16. The van der Waals surface area contributed by atoms with E-state index in [4.69, 9.17) is 5.73 Å². The summed E-state index contributed by atoms with van der Waals surface area (Å²) in [6.45, 7) is 6.65. The molecular weight excluding hydrogens is 146 g/mol. The molecule has 1 aliphatic rings. The molecule has 1 nitrogen and oxygen atoms in total. The molecule has 2 N–H and O–H groups in total. The lowest BCUT2D eigenvalue weighted by molar-refractivity contribution is 0.242. The summed E-state index contributed by atoms with van der Waals surface area (Å²) in [6.07, 6.45) is 6.85. The van der Waals surface area contributed by atoms with Crippen LogP contribution in [0.25, 0.3) is 0 Å². The van der Waals surface area contributed by atoms with Gasteiger partial charge in [-0.2, -0.15) is 0 Å². The highest BCUT2D eigenvalue weighted by Gasteiger charge is 2.23. The van der Waals surface area contributed by atoms with Crippen molar-refractivity contribution < 1.29 is 0 Å². The third-order valence-electron chi connectivity index (χ3n) is 2.95. The molecule has 72 valence electrons. The van der Waals surface area contributed by atoms with Crippen molar-refractivity contribution in [2.45, 2.75) is 58.4 Å². The largest absolute Gasteiger partial charge is 0.326 e. The van der Waals surface area contributed by atoms with Crippen LogP contribution in [-0.4, -0.2) is 5.54 Å². The van der Waals surface area contributed by atoms with Gasteiger partial charge >= 0.3 is 0 Å². The molecule has 12 heavy (non-hydrogen) atoms. The molecule has 0 aromatic carbocycles. The minimum absolute atomic E-state index is 0.0469. The molecule has 0 radical (unpaired) electrons. The van der Waals surface area contributed by atoms with Crippen LogP contribution in [0.1, 0.15) is 52.9 Å². The normalized spacial score (nSPS) is 32.0. The zero-order valence-electron chi connectivity index (χ0n) is 8.77. The van der Waals surface area contributed by atoms with E-state index in [1.165, 1.54) is 32.1 Å². The second-order valence-electron chi connectivity index (χ2n) is 5.32. The van der Waals surface area contributed by atoms with E-state index in [2.05, 4.69) is 20.8 Å². The Bertz CT molecular complexity index is 126. The first-order valence-corrected chi connectivity index (χ1v) is 5.26. The second-order valence-corrected chi connectivity index (χ2v) is 5.32. The molecule has 0 amide bonds. The minimum Gasteiger partial charge on any atom is -0.326 e. The van der Waals surface area contributed by atoms with Gasteiger partial charge in [-0.05, 0) is 32.1 Å². The predicted molar refractivity (Wildman–Crippen MR) is 54.0 cm³/mol. The Morgan fingerprint density at radius 2 is 1.67 bits per heavy atom. The number of hydrogen-bond acceptors (Lipinski definition) is 1. The van der Waals surface area contributed by atoms with Crippen molar-refractivity contribution in [2.75, 3.05) is 0 Å². The van der Waals surface area contributed by atoms with E-state index in [0.717, 1.165) is 11.8 Å². The Hall–Kier alpha value is -0.0400. The van der Waals surface area contributed by atoms with Gasteiger partial charge in [0.1, 0.15) is 0 Å². The van der Waals surface area contributed by atoms with Crippen LogP contribution in [-0.2, 0) is 0 Å². The number of hydrogen-bond donors (Lipinski definition) is 1. The zero-order chi connectivity index (χ0) is 9.19. The van der Waals surface area contributed by atoms with Crippen molar-refractivity contribution in [1.29, 1.82) is 0 Å². The van der Waals surface area contributed by atoms with Crippen LogP contribution in [0.3, 0.4) is 0 Å². The van der Waals surface area contributed by atoms with Crippen LogP contribution in [0.2, 0.25) is 0 Å². The summed E-state index contributed by atoms with van der Waals surface area (Å²) >= 11 is 0. The summed E-state index contributed by atoms with van der Waals surface area (Å²) in [4.78, 5) is 0. The Labute approximate surface area is 76.7 Å². The summed E-state index contributed by atoms with van der Waals surface area (Å²) in [5, 5.41) is 0. The van der Waals surface area contributed by atoms with Gasteiger partial charge in [0.25, 0.3) is 0 Å². The van der Waals surface area contributed by atoms with Crippen molar-refractivity contribution in [3.8, 4) is 0 Å². The summed E-state index contributed by atoms with van der Waals surface area (Å²) < 4.78 is 0.